The molecule has 1 saturated heterocycles. The third-order valence-corrected chi connectivity index (χ3v) is 4.11. The van der Waals surface area contributed by atoms with E-state index < -0.39 is 55.0 Å². The lowest BCUT2D eigenvalue weighted by Crippen LogP contribution is -2.55. The molecule has 0 aliphatic carbocycles. The van der Waals surface area contributed by atoms with Crippen LogP contribution in [0.5, 0.6) is 0 Å². The van der Waals surface area contributed by atoms with Gasteiger partial charge in [-0.05, 0) is 24.6 Å². The maximum atomic E-state index is 11.9. The number of carboxylic acid groups (broad SMARTS) is 1. The number of rotatable bonds is 5. The van der Waals surface area contributed by atoms with Gasteiger partial charge in [0.25, 0.3) is 5.91 Å². The lowest BCUT2D eigenvalue weighted by Gasteiger charge is -2.40. The molecule has 0 aromatic heterocycles. The zero-order chi connectivity index (χ0) is 18.7. The molecule has 6 atom stereocenters. The highest BCUT2D eigenvalue weighted by Gasteiger charge is 2.43. The Bertz CT molecular complexity index is 617. The minimum absolute atomic E-state index is 0.210. The molecule has 1 aromatic rings. The Balaban J connectivity index is 2.13. The average molecular weight is 355 g/mol. The van der Waals surface area contributed by atoms with Gasteiger partial charge in [-0.1, -0.05) is 12.1 Å². The molecule has 9 heteroatoms. The van der Waals surface area contributed by atoms with Crippen LogP contribution in [0.3, 0.4) is 0 Å². The number of ether oxygens (including phenoxy) is 1. The van der Waals surface area contributed by atoms with Gasteiger partial charge in [0.15, 0.2) is 0 Å². The number of carboxylic acids is 1. The topological polar surface area (TPSA) is 157 Å². The molecular weight excluding hydrogens is 334 g/mol. The van der Waals surface area contributed by atoms with Crippen LogP contribution >= 0.6 is 0 Å². The summed E-state index contributed by atoms with van der Waals surface area (Å²) in [5.74, 6) is -1.73. The third kappa shape index (κ3) is 4.14. The highest BCUT2D eigenvalue weighted by Crippen LogP contribution is 2.32. The first-order valence-corrected chi connectivity index (χ1v) is 7.70. The van der Waals surface area contributed by atoms with Crippen LogP contribution in [-0.2, 0) is 9.53 Å². The summed E-state index contributed by atoms with van der Waals surface area (Å²) in [7, 11) is 0. The molecule has 1 aliphatic rings. The first-order valence-electron chi connectivity index (χ1n) is 7.70. The van der Waals surface area contributed by atoms with E-state index in [0.717, 1.165) is 0 Å². The van der Waals surface area contributed by atoms with Crippen molar-refractivity contribution in [2.75, 3.05) is 6.61 Å². The smallest absolute Gasteiger partial charge is 0.325 e. The highest BCUT2D eigenvalue weighted by molar-refractivity contribution is 5.96. The number of hydrogen-bond acceptors (Lipinski definition) is 7. The summed E-state index contributed by atoms with van der Waals surface area (Å²) >= 11 is 0. The van der Waals surface area contributed by atoms with Gasteiger partial charge in [0.1, 0.15) is 36.6 Å². The van der Waals surface area contributed by atoms with Crippen LogP contribution in [0.4, 0.5) is 0 Å². The fourth-order valence-corrected chi connectivity index (χ4v) is 2.54. The minimum atomic E-state index is -1.49. The second-order valence-corrected chi connectivity index (χ2v) is 5.90. The Morgan fingerprint density at radius 1 is 1.12 bits per heavy atom. The van der Waals surface area contributed by atoms with E-state index in [9.17, 15) is 30.0 Å². The van der Waals surface area contributed by atoms with E-state index in [2.05, 4.69) is 5.32 Å². The maximum Gasteiger partial charge on any atom is 0.325 e. The summed E-state index contributed by atoms with van der Waals surface area (Å²) in [6.45, 7) is 0.803. The van der Waals surface area contributed by atoms with Crippen molar-refractivity contribution in [2.45, 2.75) is 43.5 Å². The number of carbonyl (C=O) groups excluding carboxylic acids is 1. The van der Waals surface area contributed by atoms with Gasteiger partial charge in [0.05, 0.1) is 6.61 Å². The number of benzene rings is 1. The van der Waals surface area contributed by atoms with E-state index >= 15 is 0 Å². The first kappa shape index (κ1) is 19.3. The van der Waals surface area contributed by atoms with Gasteiger partial charge in [0, 0.05) is 5.56 Å². The third-order valence-electron chi connectivity index (χ3n) is 4.11. The molecule has 0 radical (unpaired) electrons. The van der Waals surface area contributed by atoms with Gasteiger partial charge in [-0.2, -0.15) is 0 Å². The van der Waals surface area contributed by atoms with E-state index in [4.69, 9.17) is 9.84 Å². The summed E-state index contributed by atoms with van der Waals surface area (Å²) in [4.78, 5) is 22.7. The number of aliphatic hydroxyl groups is 4. The Morgan fingerprint density at radius 2 is 1.72 bits per heavy atom. The number of nitrogens with one attached hydrogen (secondary N) is 1. The highest BCUT2D eigenvalue weighted by atomic mass is 16.5. The van der Waals surface area contributed by atoms with Crippen LogP contribution in [0.25, 0.3) is 0 Å². The lowest BCUT2D eigenvalue weighted by molar-refractivity contribution is -0.231. The van der Waals surface area contributed by atoms with Gasteiger partial charge in [0.2, 0.25) is 0 Å². The van der Waals surface area contributed by atoms with E-state index in [0.29, 0.717) is 5.56 Å². The molecule has 1 aliphatic heterocycles. The summed E-state index contributed by atoms with van der Waals surface area (Å²) in [5.41, 5.74) is 0.640. The predicted octanol–water partition coefficient (Wildman–Crippen LogP) is -1.60. The molecule has 138 valence electrons. The first-order chi connectivity index (χ1) is 11.8. The molecule has 0 bridgehead atoms. The number of aliphatic hydroxyl groups excluding tert-OH is 4. The van der Waals surface area contributed by atoms with E-state index in [1.54, 1.807) is 0 Å². The number of aliphatic carboxylic acids is 1. The maximum absolute atomic E-state index is 11.9. The van der Waals surface area contributed by atoms with E-state index in [1.165, 1.54) is 31.2 Å². The summed E-state index contributed by atoms with van der Waals surface area (Å²) in [6, 6.07) is 4.75. The molecule has 2 rings (SSSR count). The van der Waals surface area contributed by atoms with Crippen molar-refractivity contribution in [2.24, 2.45) is 0 Å². The van der Waals surface area contributed by atoms with Gasteiger partial charge in [-0.15, -0.1) is 0 Å². The summed E-state index contributed by atoms with van der Waals surface area (Å²) < 4.78 is 5.42. The van der Waals surface area contributed by atoms with Crippen LogP contribution in [0.2, 0.25) is 0 Å². The molecule has 1 fully saturated rings. The van der Waals surface area contributed by atoms with Gasteiger partial charge < -0.3 is 35.6 Å². The van der Waals surface area contributed by atoms with Crippen molar-refractivity contribution < 1.29 is 39.9 Å². The van der Waals surface area contributed by atoms with Crippen molar-refractivity contribution >= 4 is 11.9 Å². The van der Waals surface area contributed by atoms with Crippen molar-refractivity contribution in [1.29, 1.82) is 0 Å². The fourth-order valence-electron chi connectivity index (χ4n) is 2.54. The molecule has 9 nitrogen and oxygen atoms in total. The van der Waals surface area contributed by atoms with Gasteiger partial charge in [-0.3, -0.25) is 9.59 Å². The summed E-state index contributed by atoms with van der Waals surface area (Å²) in [6.07, 6.45) is -6.37. The van der Waals surface area contributed by atoms with Crippen LogP contribution < -0.4 is 5.32 Å². The quantitative estimate of drug-likeness (QED) is 0.369. The number of amides is 1. The molecule has 25 heavy (non-hydrogen) atoms. The Hall–Kier alpha value is -2.04. The van der Waals surface area contributed by atoms with E-state index in [-0.39, 0.29) is 5.56 Å². The predicted molar refractivity (Wildman–Crippen MR) is 83.7 cm³/mol. The monoisotopic (exact) mass is 355 g/mol. The van der Waals surface area contributed by atoms with E-state index in [1.807, 2.05) is 0 Å². The standard InChI is InChI=1S/C16H21NO8/c1-7(16(23)24)17-15(22)9-4-2-8(3-5-9)14-13(21)12(20)11(19)10(6-18)25-14/h2-5,7,10-14,18-21H,6H2,1H3,(H,17,22)(H,23,24)/t7-,10+,11+,12-,13+,14?/m0/s1. The molecule has 1 amide bonds. The van der Waals surface area contributed by atoms with Crippen molar-refractivity contribution in [3.05, 3.63) is 35.4 Å². The molecule has 1 aromatic carbocycles. The van der Waals surface area contributed by atoms with Crippen LogP contribution in [0.15, 0.2) is 24.3 Å². The molecule has 0 spiro atoms. The molecule has 0 saturated carbocycles. The van der Waals surface area contributed by atoms with Gasteiger partial charge in [-0.25, -0.2) is 0 Å². The lowest BCUT2D eigenvalue weighted by atomic mass is 9.91. The van der Waals surface area contributed by atoms with Crippen LogP contribution in [-0.4, -0.2) is 74.5 Å². The molecule has 6 N–H and O–H groups in total. The second kappa shape index (κ2) is 7.89. The minimum Gasteiger partial charge on any atom is -0.480 e. The van der Waals surface area contributed by atoms with Crippen LogP contribution in [0, 0.1) is 0 Å². The zero-order valence-electron chi connectivity index (χ0n) is 13.4. The second-order valence-electron chi connectivity index (χ2n) is 5.90. The van der Waals surface area contributed by atoms with Crippen LogP contribution in [0.1, 0.15) is 28.9 Å². The van der Waals surface area contributed by atoms with Crippen molar-refractivity contribution in [1.82, 2.24) is 5.32 Å². The Labute approximate surface area is 143 Å². The molecule has 1 heterocycles. The molecule has 1 unspecified atom stereocenters. The Morgan fingerprint density at radius 3 is 2.24 bits per heavy atom. The van der Waals surface area contributed by atoms with Gasteiger partial charge >= 0.3 is 5.97 Å². The van der Waals surface area contributed by atoms with Crippen molar-refractivity contribution in [3.63, 3.8) is 0 Å². The SMILES string of the molecule is C[C@H](NC(=O)c1ccc(C2O[C@H](CO)[C@@H](O)[C@H](O)[C@H]2O)cc1)C(=O)O. The normalized spacial score (nSPS) is 30.5. The largest absolute Gasteiger partial charge is 0.480 e. The summed E-state index contributed by atoms with van der Waals surface area (Å²) in [5, 5.41) is 50.0. The fraction of sp³-hybridized carbons (Fsp3) is 0.500. The number of hydrogen-bond donors (Lipinski definition) is 6. The number of carbonyl (C=O) groups is 2. The Kier molecular flexibility index (Phi) is 6.09. The molecular formula is C16H21NO8. The average Bonchev–Trinajstić information content (AvgIpc) is 2.60. The zero-order valence-corrected chi connectivity index (χ0v) is 13.4. The van der Waals surface area contributed by atoms with Crippen molar-refractivity contribution in [3.8, 4) is 0 Å².